The summed E-state index contributed by atoms with van der Waals surface area (Å²) in [5, 5.41) is 0. The van der Waals surface area contributed by atoms with Crippen molar-refractivity contribution in [2.45, 2.75) is 25.5 Å². The highest BCUT2D eigenvalue weighted by atomic mass is 32.2. The van der Waals surface area contributed by atoms with Gasteiger partial charge in [-0.05, 0) is 24.1 Å². The fourth-order valence-electron chi connectivity index (χ4n) is 1.45. The number of unbranched alkanes of at least 4 members (excludes halogenated alkanes) is 1. The molecule has 0 atom stereocenters. The Kier molecular flexibility index (Phi) is 4.96. The predicted molar refractivity (Wildman–Crippen MR) is 71.0 cm³/mol. The molecule has 0 saturated carbocycles. The zero-order chi connectivity index (χ0) is 12.9. The molecular weight excluding hydrogens is 236 g/mol. The molecule has 0 heterocycles. The van der Waals surface area contributed by atoms with Crippen molar-refractivity contribution in [3.63, 3.8) is 0 Å². The van der Waals surface area contributed by atoms with Crippen molar-refractivity contribution < 1.29 is 8.42 Å². The van der Waals surface area contributed by atoms with E-state index in [9.17, 15) is 8.42 Å². The van der Waals surface area contributed by atoms with Gasteiger partial charge in [0.15, 0.2) is 0 Å². The summed E-state index contributed by atoms with van der Waals surface area (Å²) in [5.74, 6) is 0.0352. The highest BCUT2D eigenvalue weighted by molar-refractivity contribution is 7.88. The lowest BCUT2D eigenvalue weighted by Gasteiger charge is -2.16. The van der Waals surface area contributed by atoms with Gasteiger partial charge in [0, 0.05) is 19.3 Å². The van der Waals surface area contributed by atoms with E-state index >= 15 is 0 Å². The summed E-state index contributed by atoms with van der Waals surface area (Å²) in [7, 11) is -1.58. The van der Waals surface area contributed by atoms with Gasteiger partial charge in [0.05, 0.1) is 5.75 Å². The van der Waals surface area contributed by atoms with E-state index in [1.54, 1.807) is 31.3 Å². The molecule has 0 radical (unpaired) electrons. The maximum Gasteiger partial charge on any atom is 0.218 e. The molecule has 0 aromatic heterocycles. The van der Waals surface area contributed by atoms with Crippen LogP contribution in [0.5, 0.6) is 0 Å². The summed E-state index contributed by atoms with van der Waals surface area (Å²) in [5.41, 5.74) is 6.97. The molecule has 0 bridgehead atoms. The Hall–Kier alpha value is -1.07. The number of nitrogen functional groups attached to an aromatic ring is 1. The van der Waals surface area contributed by atoms with Crippen LogP contribution >= 0.6 is 0 Å². The minimum Gasteiger partial charge on any atom is -0.399 e. The number of benzene rings is 1. The molecule has 1 aromatic carbocycles. The molecule has 1 aromatic rings. The lowest BCUT2D eigenvalue weighted by molar-refractivity contribution is 0.458. The Bertz CT molecular complexity index is 440. The summed E-state index contributed by atoms with van der Waals surface area (Å²) in [4.78, 5) is 0. The molecule has 0 saturated heterocycles. The number of hydrogen-bond acceptors (Lipinski definition) is 3. The molecule has 5 heteroatoms. The second-order valence-electron chi connectivity index (χ2n) is 4.17. The molecule has 0 aliphatic heterocycles. The third-order valence-corrected chi connectivity index (χ3v) is 4.46. The van der Waals surface area contributed by atoms with Crippen LogP contribution in [0.1, 0.15) is 25.3 Å². The van der Waals surface area contributed by atoms with Crippen molar-refractivity contribution in [1.82, 2.24) is 4.31 Å². The smallest absolute Gasteiger partial charge is 0.218 e. The first kappa shape index (κ1) is 14.0. The molecule has 0 aliphatic rings. The second kappa shape index (κ2) is 6.02. The fraction of sp³-hybridized carbons (Fsp3) is 0.500. The molecule has 1 rings (SSSR count). The number of nitrogens with zero attached hydrogens (tertiary/aromatic N) is 1. The van der Waals surface area contributed by atoms with Crippen molar-refractivity contribution in [1.29, 1.82) is 0 Å². The third kappa shape index (κ3) is 4.36. The van der Waals surface area contributed by atoms with Crippen molar-refractivity contribution in [2.75, 3.05) is 19.3 Å². The topological polar surface area (TPSA) is 63.4 Å². The van der Waals surface area contributed by atoms with E-state index in [1.807, 2.05) is 6.92 Å². The largest absolute Gasteiger partial charge is 0.399 e. The maximum absolute atomic E-state index is 12.0. The maximum atomic E-state index is 12.0. The van der Waals surface area contributed by atoms with E-state index in [0.29, 0.717) is 12.2 Å². The Labute approximate surface area is 103 Å². The van der Waals surface area contributed by atoms with Crippen molar-refractivity contribution in [2.24, 2.45) is 0 Å². The number of sulfonamides is 1. The number of rotatable bonds is 6. The van der Waals surface area contributed by atoms with Crippen molar-refractivity contribution >= 4 is 15.7 Å². The Balaban J connectivity index is 2.69. The fourth-order valence-corrected chi connectivity index (χ4v) is 2.70. The molecule has 96 valence electrons. The van der Waals surface area contributed by atoms with Crippen LogP contribution in [0.2, 0.25) is 0 Å². The van der Waals surface area contributed by atoms with Gasteiger partial charge in [-0.3, -0.25) is 0 Å². The van der Waals surface area contributed by atoms with Gasteiger partial charge in [-0.1, -0.05) is 25.5 Å². The van der Waals surface area contributed by atoms with Crippen LogP contribution in [-0.4, -0.2) is 26.3 Å². The standard InChI is InChI=1S/C12H20N2O2S/c1-3-4-9-14(2)17(15,16)10-11-5-7-12(13)8-6-11/h5-8H,3-4,9-10,13H2,1-2H3. The first-order chi connectivity index (χ1) is 7.95. The summed E-state index contributed by atoms with van der Waals surface area (Å²) in [6.45, 7) is 2.62. The van der Waals surface area contributed by atoms with E-state index in [2.05, 4.69) is 0 Å². The molecule has 0 aliphatic carbocycles. The summed E-state index contributed by atoms with van der Waals surface area (Å²) in [6, 6.07) is 6.94. The monoisotopic (exact) mass is 256 g/mol. The number of nitrogens with two attached hydrogens (primary N) is 1. The van der Waals surface area contributed by atoms with Crippen LogP contribution in [-0.2, 0) is 15.8 Å². The number of anilines is 1. The van der Waals surface area contributed by atoms with E-state index in [-0.39, 0.29) is 5.75 Å². The Morgan fingerprint density at radius 3 is 2.35 bits per heavy atom. The summed E-state index contributed by atoms with van der Waals surface area (Å²) >= 11 is 0. The molecule has 0 spiro atoms. The molecule has 0 unspecified atom stereocenters. The van der Waals surface area contributed by atoms with Crippen LogP contribution in [0, 0.1) is 0 Å². The normalized spacial score (nSPS) is 11.9. The molecule has 4 nitrogen and oxygen atoms in total. The zero-order valence-corrected chi connectivity index (χ0v) is 11.2. The van der Waals surface area contributed by atoms with Gasteiger partial charge in [0.1, 0.15) is 0 Å². The van der Waals surface area contributed by atoms with Gasteiger partial charge in [-0.15, -0.1) is 0 Å². The van der Waals surface area contributed by atoms with Crippen LogP contribution in [0.4, 0.5) is 5.69 Å². The third-order valence-electron chi connectivity index (χ3n) is 2.63. The van der Waals surface area contributed by atoms with E-state index < -0.39 is 10.0 Å². The number of hydrogen-bond donors (Lipinski definition) is 1. The Morgan fingerprint density at radius 2 is 1.82 bits per heavy atom. The minimum absolute atomic E-state index is 0.0352. The van der Waals surface area contributed by atoms with Crippen molar-refractivity contribution in [3.8, 4) is 0 Å². The summed E-state index contributed by atoms with van der Waals surface area (Å²) in [6.07, 6.45) is 1.87. The van der Waals surface area contributed by atoms with Crippen LogP contribution in [0.3, 0.4) is 0 Å². The van der Waals surface area contributed by atoms with Gasteiger partial charge < -0.3 is 5.73 Å². The van der Waals surface area contributed by atoms with Gasteiger partial charge in [-0.2, -0.15) is 0 Å². The molecule has 17 heavy (non-hydrogen) atoms. The molecular formula is C12H20N2O2S. The predicted octanol–water partition coefficient (Wildman–Crippen LogP) is 1.83. The first-order valence-electron chi connectivity index (χ1n) is 5.74. The van der Waals surface area contributed by atoms with Crippen LogP contribution in [0.25, 0.3) is 0 Å². The average molecular weight is 256 g/mol. The second-order valence-corrected chi connectivity index (χ2v) is 6.25. The quantitative estimate of drug-likeness (QED) is 0.790. The van der Waals surface area contributed by atoms with Crippen LogP contribution < -0.4 is 5.73 Å². The zero-order valence-electron chi connectivity index (χ0n) is 10.4. The highest BCUT2D eigenvalue weighted by Gasteiger charge is 2.17. The summed E-state index contributed by atoms with van der Waals surface area (Å²) < 4.78 is 25.4. The van der Waals surface area contributed by atoms with Crippen LogP contribution in [0.15, 0.2) is 24.3 Å². The Morgan fingerprint density at radius 1 is 1.24 bits per heavy atom. The van der Waals surface area contributed by atoms with Gasteiger partial charge >= 0.3 is 0 Å². The molecule has 0 amide bonds. The van der Waals surface area contributed by atoms with E-state index in [0.717, 1.165) is 18.4 Å². The molecule has 0 fully saturated rings. The van der Waals surface area contributed by atoms with E-state index in [4.69, 9.17) is 5.73 Å². The van der Waals surface area contributed by atoms with Gasteiger partial charge in [0.25, 0.3) is 0 Å². The van der Waals surface area contributed by atoms with Gasteiger partial charge in [0.2, 0.25) is 10.0 Å². The first-order valence-corrected chi connectivity index (χ1v) is 7.35. The highest BCUT2D eigenvalue weighted by Crippen LogP contribution is 2.12. The minimum atomic E-state index is -3.21. The molecule has 2 N–H and O–H groups in total. The van der Waals surface area contributed by atoms with E-state index in [1.165, 1.54) is 4.31 Å². The van der Waals surface area contributed by atoms with Crippen molar-refractivity contribution in [3.05, 3.63) is 29.8 Å². The lowest BCUT2D eigenvalue weighted by Crippen LogP contribution is -2.29. The lowest BCUT2D eigenvalue weighted by atomic mass is 10.2. The van der Waals surface area contributed by atoms with Gasteiger partial charge in [-0.25, -0.2) is 12.7 Å². The average Bonchev–Trinajstić information content (AvgIpc) is 2.28. The SMILES string of the molecule is CCCCN(C)S(=O)(=O)Cc1ccc(N)cc1.